The molecule has 0 fully saturated rings. The van der Waals surface area contributed by atoms with Crippen molar-refractivity contribution in [1.82, 2.24) is 25.0 Å². The molecule has 0 aliphatic rings. The second-order valence-electron chi connectivity index (χ2n) is 7.15. The summed E-state index contributed by atoms with van der Waals surface area (Å²) in [6, 6.07) is 23.6. The minimum absolute atomic E-state index is 0.298. The largest absolute Gasteiger partial charge is 0.420 e. The van der Waals surface area contributed by atoms with Crippen molar-refractivity contribution in [3.63, 3.8) is 0 Å². The number of thioether (sulfide) groups is 1. The molecular formula is C24H17ClFN5OS. The van der Waals surface area contributed by atoms with Gasteiger partial charge in [0.15, 0.2) is 11.0 Å². The zero-order valence-corrected chi connectivity index (χ0v) is 18.8. The van der Waals surface area contributed by atoms with Gasteiger partial charge >= 0.3 is 0 Å². The molecule has 5 aromatic rings. The molecule has 2 aromatic heterocycles. The smallest absolute Gasteiger partial charge is 0.249 e. The molecule has 0 unspecified atom stereocenters. The Morgan fingerprint density at radius 3 is 2.39 bits per heavy atom. The van der Waals surface area contributed by atoms with Gasteiger partial charge in [0.2, 0.25) is 11.8 Å². The summed E-state index contributed by atoms with van der Waals surface area (Å²) in [5.74, 6) is 1.59. The minimum atomic E-state index is -0.298. The Morgan fingerprint density at radius 1 is 0.848 bits per heavy atom. The average Bonchev–Trinajstić information content (AvgIpc) is 3.46. The van der Waals surface area contributed by atoms with Gasteiger partial charge in [-0.3, -0.25) is 4.57 Å². The minimum Gasteiger partial charge on any atom is -0.420 e. The van der Waals surface area contributed by atoms with E-state index in [0.29, 0.717) is 45.6 Å². The van der Waals surface area contributed by atoms with Crippen LogP contribution in [-0.4, -0.2) is 25.0 Å². The first-order chi connectivity index (χ1) is 16.2. The zero-order chi connectivity index (χ0) is 22.6. The molecule has 3 aromatic carbocycles. The summed E-state index contributed by atoms with van der Waals surface area (Å²) in [5, 5.41) is 18.2. The lowest BCUT2D eigenvalue weighted by molar-refractivity contribution is 0.528. The Kier molecular flexibility index (Phi) is 6.19. The number of halogens is 2. The highest BCUT2D eigenvalue weighted by molar-refractivity contribution is 7.98. The van der Waals surface area contributed by atoms with Gasteiger partial charge < -0.3 is 4.42 Å². The normalized spacial score (nSPS) is 11.1. The van der Waals surface area contributed by atoms with Crippen molar-refractivity contribution < 1.29 is 8.81 Å². The van der Waals surface area contributed by atoms with Gasteiger partial charge in [-0.1, -0.05) is 65.8 Å². The van der Waals surface area contributed by atoms with E-state index in [1.807, 2.05) is 53.1 Å². The summed E-state index contributed by atoms with van der Waals surface area (Å²) < 4.78 is 21.2. The molecule has 0 saturated heterocycles. The molecule has 0 radical (unpaired) electrons. The van der Waals surface area contributed by atoms with E-state index in [4.69, 9.17) is 16.0 Å². The Balaban J connectivity index is 1.41. The lowest BCUT2D eigenvalue weighted by atomic mass is 10.2. The van der Waals surface area contributed by atoms with Crippen LogP contribution in [0.3, 0.4) is 0 Å². The summed E-state index contributed by atoms with van der Waals surface area (Å²) in [4.78, 5) is 0. The Hall–Kier alpha value is -3.49. The van der Waals surface area contributed by atoms with E-state index in [1.165, 1.54) is 23.9 Å². The van der Waals surface area contributed by atoms with Crippen LogP contribution in [-0.2, 0) is 12.3 Å². The molecule has 0 spiro atoms. The molecule has 6 nitrogen and oxygen atoms in total. The topological polar surface area (TPSA) is 69.6 Å². The summed E-state index contributed by atoms with van der Waals surface area (Å²) in [5.41, 5.74) is 2.57. The van der Waals surface area contributed by atoms with Crippen molar-refractivity contribution in [3.8, 4) is 22.8 Å². The quantitative estimate of drug-likeness (QED) is 0.263. The average molecular weight is 478 g/mol. The second kappa shape index (κ2) is 9.56. The number of benzene rings is 3. The van der Waals surface area contributed by atoms with Crippen LogP contribution < -0.4 is 0 Å². The van der Waals surface area contributed by atoms with Gasteiger partial charge in [-0.05, 0) is 42.0 Å². The first-order valence-corrected chi connectivity index (χ1v) is 11.5. The number of hydrogen-bond donors (Lipinski definition) is 0. The van der Waals surface area contributed by atoms with Gasteiger partial charge in [-0.25, -0.2) is 4.39 Å². The predicted octanol–water partition coefficient (Wildman–Crippen LogP) is 6.13. The van der Waals surface area contributed by atoms with Gasteiger partial charge in [0.25, 0.3) is 0 Å². The summed E-state index contributed by atoms with van der Waals surface area (Å²) >= 11 is 7.67. The highest BCUT2D eigenvalue weighted by Gasteiger charge is 2.17. The van der Waals surface area contributed by atoms with E-state index >= 15 is 0 Å². The van der Waals surface area contributed by atoms with Crippen molar-refractivity contribution >= 4 is 23.4 Å². The number of nitrogens with zero attached hydrogens (tertiary/aromatic N) is 5. The third-order valence-electron chi connectivity index (χ3n) is 4.90. The van der Waals surface area contributed by atoms with E-state index in [0.717, 1.165) is 11.1 Å². The fraction of sp³-hybridized carbons (Fsp3) is 0.0833. The highest BCUT2D eigenvalue weighted by atomic mass is 35.5. The van der Waals surface area contributed by atoms with Crippen molar-refractivity contribution in [3.05, 3.63) is 101 Å². The van der Waals surface area contributed by atoms with E-state index < -0.39 is 0 Å². The molecule has 0 atom stereocenters. The number of hydrogen-bond acceptors (Lipinski definition) is 6. The molecule has 5 rings (SSSR count). The van der Waals surface area contributed by atoms with Crippen LogP contribution in [0.1, 0.15) is 11.5 Å². The fourth-order valence-electron chi connectivity index (χ4n) is 3.30. The number of aromatic nitrogens is 5. The maximum absolute atomic E-state index is 13.4. The van der Waals surface area contributed by atoms with Crippen molar-refractivity contribution in [2.24, 2.45) is 0 Å². The lowest BCUT2D eigenvalue weighted by Gasteiger charge is -2.10. The maximum atomic E-state index is 13.4. The van der Waals surface area contributed by atoms with E-state index in [2.05, 4.69) is 20.4 Å². The first kappa shape index (κ1) is 21.4. The van der Waals surface area contributed by atoms with Gasteiger partial charge in [-0.2, -0.15) is 0 Å². The maximum Gasteiger partial charge on any atom is 0.249 e. The van der Waals surface area contributed by atoms with E-state index in [9.17, 15) is 4.39 Å². The van der Waals surface area contributed by atoms with E-state index in [-0.39, 0.29) is 5.82 Å². The van der Waals surface area contributed by atoms with Crippen molar-refractivity contribution in [2.45, 2.75) is 17.5 Å². The summed E-state index contributed by atoms with van der Waals surface area (Å²) in [6.45, 7) is 0.567. The highest BCUT2D eigenvalue weighted by Crippen LogP contribution is 2.30. The molecule has 33 heavy (non-hydrogen) atoms. The van der Waals surface area contributed by atoms with Gasteiger partial charge in [0.1, 0.15) is 5.82 Å². The lowest BCUT2D eigenvalue weighted by Crippen LogP contribution is -2.04. The van der Waals surface area contributed by atoms with Crippen LogP contribution in [0.5, 0.6) is 0 Å². The van der Waals surface area contributed by atoms with Crippen molar-refractivity contribution in [1.29, 1.82) is 0 Å². The molecule has 0 N–H and O–H groups in total. The molecule has 0 saturated carbocycles. The fourth-order valence-corrected chi connectivity index (χ4v) is 4.29. The summed E-state index contributed by atoms with van der Waals surface area (Å²) in [6.07, 6.45) is 0. The first-order valence-electron chi connectivity index (χ1n) is 10.1. The molecule has 9 heteroatoms. The standard InChI is InChI=1S/C24H17ClFN5OS/c25-20-9-5-4-8-19(20)23-29-27-21(32-23)15-33-24-30-28-22(17-10-12-18(26)13-11-17)31(24)14-16-6-2-1-3-7-16/h1-13H,14-15H2. The second-order valence-corrected chi connectivity index (χ2v) is 8.50. The van der Waals surface area contributed by atoms with Crippen LogP contribution in [0.4, 0.5) is 4.39 Å². The molecule has 164 valence electrons. The van der Waals surface area contributed by atoms with Gasteiger partial charge in [0.05, 0.1) is 22.9 Å². The van der Waals surface area contributed by atoms with Crippen LogP contribution >= 0.6 is 23.4 Å². The Bertz CT molecular complexity index is 1370. The van der Waals surface area contributed by atoms with Gasteiger partial charge in [-0.15, -0.1) is 20.4 Å². The number of rotatable bonds is 7. The third kappa shape index (κ3) is 4.81. The monoisotopic (exact) mass is 477 g/mol. The van der Waals surface area contributed by atoms with Crippen LogP contribution in [0, 0.1) is 5.82 Å². The van der Waals surface area contributed by atoms with Crippen molar-refractivity contribution in [2.75, 3.05) is 0 Å². The van der Waals surface area contributed by atoms with Gasteiger partial charge in [0, 0.05) is 5.56 Å². The third-order valence-corrected chi connectivity index (χ3v) is 6.18. The zero-order valence-electron chi connectivity index (χ0n) is 17.2. The molecular weight excluding hydrogens is 461 g/mol. The molecule has 0 aliphatic heterocycles. The van der Waals surface area contributed by atoms with Crippen LogP contribution in [0.2, 0.25) is 5.02 Å². The molecule has 0 amide bonds. The predicted molar refractivity (Wildman–Crippen MR) is 125 cm³/mol. The Morgan fingerprint density at radius 2 is 1.61 bits per heavy atom. The molecule has 0 bridgehead atoms. The summed E-state index contributed by atoms with van der Waals surface area (Å²) in [7, 11) is 0. The molecule has 2 heterocycles. The SMILES string of the molecule is Fc1ccc(-c2nnc(SCc3nnc(-c4ccccc4Cl)o3)n2Cc2ccccc2)cc1. The Labute approximate surface area is 198 Å². The van der Waals surface area contributed by atoms with E-state index in [1.54, 1.807) is 18.2 Å². The van der Waals surface area contributed by atoms with Crippen LogP contribution in [0.15, 0.2) is 88.4 Å². The van der Waals surface area contributed by atoms with Crippen LogP contribution in [0.25, 0.3) is 22.8 Å². The molecule has 0 aliphatic carbocycles.